The van der Waals surface area contributed by atoms with Gasteiger partial charge in [-0.1, -0.05) is 0 Å². The van der Waals surface area contributed by atoms with Gasteiger partial charge in [-0.2, -0.15) is 5.26 Å². The third-order valence-electron chi connectivity index (χ3n) is 3.97. The van der Waals surface area contributed by atoms with Crippen LogP contribution >= 0.6 is 0 Å². The minimum atomic E-state index is 0.407. The van der Waals surface area contributed by atoms with Gasteiger partial charge in [0.25, 0.3) is 0 Å². The number of hydrogen-bond donors (Lipinski definition) is 1. The molecule has 0 bridgehead atoms. The second-order valence-corrected chi connectivity index (χ2v) is 5.37. The summed E-state index contributed by atoms with van der Waals surface area (Å²) in [6.07, 6.45) is 6.80. The molecule has 2 aliphatic rings. The topological polar surface area (TPSA) is 57.9 Å². The second-order valence-electron chi connectivity index (χ2n) is 5.37. The van der Waals surface area contributed by atoms with Crippen molar-refractivity contribution in [2.45, 2.75) is 44.6 Å². The van der Waals surface area contributed by atoms with Crippen molar-refractivity contribution in [2.24, 2.45) is 0 Å². The van der Waals surface area contributed by atoms with Gasteiger partial charge in [0.15, 0.2) is 0 Å². The Morgan fingerprint density at radius 1 is 1.37 bits per heavy atom. The standard InChI is InChI=1S/C15H19N3O/c16-9-12-8-11-4-1-2-6-14(11)18-15(12)19-10-13-5-3-7-17-13/h8,13,17H,1-7,10H2. The highest BCUT2D eigenvalue weighted by molar-refractivity contribution is 5.43. The smallest absolute Gasteiger partial charge is 0.231 e. The summed E-state index contributed by atoms with van der Waals surface area (Å²) in [4.78, 5) is 4.57. The van der Waals surface area contributed by atoms with Crippen LogP contribution in [-0.2, 0) is 12.8 Å². The van der Waals surface area contributed by atoms with Crippen LogP contribution in [0, 0.1) is 11.3 Å². The molecule has 4 nitrogen and oxygen atoms in total. The number of nitriles is 1. The monoisotopic (exact) mass is 257 g/mol. The molecule has 19 heavy (non-hydrogen) atoms. The van der Waals surface area contributed by atoms with Gasteiger partial charge in [0.2, 0.25) is 5.88 Å². The molecule has 1 atom stereocenters. The lowest BCUT2D eigenvalue weighted by Gasteiger charge is -2.18. The quantitative estimate of drug-likeness (QED) is 0.899. The molecule has 0 spiro atoms. The SMILES string of the molecule is N#Cc1cc2c(nc1OCC1CCCN1)CCCC2. The van der Waals surface area contributed by atoms with E-state index < -0.39 is 0 Å². The molecule has 3 rings (SSSR count). The summed E-state index contributed by atoms with van der Waals surface area (Å²) in [6, 6.07) is 4.59. The number of ether oxygens (including phenoxy) is 1. The van der Waals surface area contributed by atoms with Crippen LogP contribution < -0.4 is 10.1 Å². The molecule has 1 aromatic rings. The number of hydrogen-bond acceptors (Lipinski definition) is 4. The van der Waals surface area contributed by atoms with Crippen LogP contribution in [0.4, 0.5) is 0 Å². The average Bonchev–Trinajstić information content (AvgIpc) is 2.97. The molecule has 1 fully saturated rings. The van der Waals surface area contributed by atoms with Crippen molar-refractivity contribution >= 4 is 0 Å². The fraction of sp³-hybridized carbons (Fsp3) is 0.600. The molecule has 4 heteroatoms. The van der Waals surface area contributed by atoms with Crippen molar-refractivity contribution in [3.05, 3.63) is 22.9 Å². The Morgan fingerprint density at radius 3 is 3.05 bits per heavy atom. The summed E-state index contributed by atoms with van der Waals surface area (Å²) < 4.78 is 5.78. The lowest BCUT2D eigenvalue weighted by molar-refractivity contribution is 0.265. The number of aryl methyl sites for hydroxylation is 2. The van der Waals surface area contributed by atoms with Crippen molar-refractivity contribution < 1.29 is 4.74 Å². The van der Waals surface area contributed by atoms with E-state index in [-0.39, 0.29) is 0 Å². The number of rotatable bonds is 3. The molecule has 100 valence electrons. The Hall–Kier alpha value is -1.60. The number of nitrogens with one attached hydrogen (secondary N) is 1. The summed E-state index contributed by atoms with van der Waals surface area (Å²) in [6.45, 7) is 1.68. The molecular weight excluding hydrogens is 238 g/mol. The molecular formula is C15H19N3O. The Bertz CT molecular complexity index is 501. The molecule has 0 saturated carbocycles. The van der Waals surface area contributed by atoms with Crippen LogP contribution in [0.5, 0.6) is 5.88 Å². The lowest BCUT2D eigenvalue weighted by Crippen LogP contribution is -2.28. The van der Waals surface area contributed by atoms with Crippen molar-refractivity contribution in [2.75, 3.05) is 13.2 Å². The maximum Gasteiger partial charge on any atom is 0.231 e. The highest BCUT2D eigenvalue weighted by atomic mass is 16.5. The molecule has 0 amide bonds. The van der Waals surface area contributed by atoms with Gasteiger partial charge in [0, 0.05) is 11.7 Å². The highest BCUT2D eigenvalue weighted by Gasteiger charge is 2.18. The predicted molar refractivity (Wildman–Crippen MR) is 72.1 cm³/mol. The van der Waals surface area contributed by atoms with E-state index >= 15 is 0 Å². The first-order valence-electron chi connectivity index (χ1n) is 7.16. The zero-order valence-electron chi connectivity index (χ0n) is 11.1. The van der Waals surface area contributed by atoms with Crippen LogP contribution in [0.25, 0.3) is 0 Å². The minimum Gasteiger partial charge on any atom is -0.475 e. The Morgan fingerprint density at radius 2 is 2.26 bits per heavy atom. The Kier molecular flexibility index (Phi) is 3.65. The van der Waals surface area contributed by atoms with Gasteiger partial charge in [0.05, 0.1) is 0 Å². The van der Waals surface area contributed by atoms with Crippen LogP contribution in [0.15, 0.2) is 6.07 Å². The van der Waals surface area contributed by atoms with E-state index in [4.69, 9.17) is 4.74 Å². The van der Waals surface area contributed by atoms with Gasteiger partial charge in [-0.3, -0.25) is 0 Å². The first-order chi connectivity index (χ1) is 9.36. The Labute approximate surface area is 113 Å². The van der Waals surface area contributed by atoms with E-state index in [1.54, 1.807) is 0 Å². The van der Waals surface area contributed by atoms with E-state index in [0.717, 1.165) is 31.5 Å². The zero-order valence-corrected chi connectivity index (χ0v) is 11.1. The summed E-state index contributed by atoms with van der Waals surface area (Å²) in [5.41, 5.74) is 2.94. The molecule has 0 radical (unpaired) electrons. The molecule has 1 saturated heterocycles. The van der Waals surface area contributed by atoms with E-state index in [9.17, 15) is 5.26 Å². The van der Waals surface area contributed by atoms with Crippen LogP contribution in [0.2, 0.25) is 0 Å². The molecule has 1 aliphatic carbocycles. The van der Waals surface area contributed by atoms with Crippen LogP contribution in [0.1, 0.15) is 42.5 Å². The summed E-state index contributed by atoms with van der Waals surface area (Å²) in [5, 5.41) is 12.6. The van der Waals surface area contributed by atoms with Gasteiger partial charge in [-0.15, -0.1) is 0 Å². The summed E-state index contributed by atoms with van der Waals surface area (Å²) >= 11 is 0. The third kappa shape index (κ3) is 2.71. The van der Waals surface area contributed by atoms with Crippen LogP contribution in [0.3, 0.4) is 0 Å². The van der Waals surface area contributed by atoms with Crippen LogP contribution in [-0.4, -0.2) is 24.2 Å². The second kappa shape index (κ2) is 5.58. The molecule has 0 aromatic carbocycles. The summed E-state index contributed by atoms with van der Waals surface area (Å²) in [5.74, 6) is 0.525. The molecule has 1 unspecified atom stereocenters. The molecule has 1 aromatic heterocycles. The van der Waals surface area contributed by atoms with Crippen molar-refractivity contribution in [3.63, 3.8) is 0 Å². The highest BCUT2D eigenvalue weighted by Crippen LogP contribution is 2.25. The number of fused-ring (bicyclic) bond motifs is 1. The van der Waals surface area contributed by atoms with Gasteiger partial charge < -0.3 is 10.1 Å². The van der Waals surface area contributed by atoms with Crippen molar-refractivity contribution in [3.8, 4) is 11.9 Å². The third-order valence-corrected chi connectivity index (χ3v) is 3.97. The minimum absolute atomic E-state index is 0.407. The number of aromatic nitrogens is 1. The molecule has 2 heterocycles. The van der Waals surface area contributed by atoms with Crippen molar-refractivity contribution in [1.82, 2.24) is 10.3 Å². The van der Waals surface area contributed by atoms with Gasteiger partial charge in [-0.05, 0) is 56.7 Å². The molecule has 1 N–H and O–H groups in total. The van der Waals surface area contributed by atoms with E-state index in [1.165, 1.54) is 24.8 Å². The summed E-state index contributed by atoms with van der Waals surface area (Å²) in [7, 11) is 0. The first kappa shape index (κ1) is 12.4. The van der Waals surface area contributed by atoms with Crippen molar-refractivity contribution in [1.29, 1.82) is 5.26 Å². The average molecular weight is 257 g/mol. The number of nitrogens with zero attached hydrogens (tertiary/aromatic N) is 2. The largest absolute Gasteiger partial charge is 0.475 e. The van der Waals surface area contributed by atoms with E-state index in [2.05, 4.69) is 16.4 Å². The zero-order chi connectivity index (χ0) is 13.1. The van der Waals surface area contributed by atoms with Gasteiger partial charge >= 0.3 is 0 Å². The lowest BCUT2D eigenvalue weighted by atomic mass is 9.95. The fourth-order valence-electron chi connectivity index (χ4n) is 2.88. The maximum atomic E-state index is 9.23. The fourth-order valence-corrected chi connectivity index (χ4v) is 2.88. The Balaban J connectivity index is 1.77. The molecule has 1 aliphatic heterocycles. The number of pyridine rings is 1. The first-order valence-corrected chi connectivity index (χ1v) is 7.16. The van der Waals surface area contributed by atoms with Gasteiger partial charge in [0.1, 0.15) is 18.2 Å². The maximum absolute atomic E-state index is 9.23. The predicted octanol–water partition coefficient (Wildman–Crippen LogP) is 1.96. The van der Waals surface area contributed by atoms with Gasteiger partial charge in [-0.25, -0.2) is 4.98 Å². The normalized spacial score (nSPS) is 21.7. The van der Waals surface area contributed by atoms with E-state index in [0.29, 0.717) is 24.1 Å². The van der Waals surface area contributed by atoms with E-state index in [1.807, 2.05) is 6.07 Å².